The second-order valence-corrected chi connectivity index (χ2v) is 9.49. The van der Waals surface area contributed by atoms with E-state index in [4.69, 9.17) is 9.47 Å². The highest BCUT2D eigenvalue weighted by Gasteiger charge is 2.23. The van der Waals surface area contributed by atoms with Crippen molar-refractivity contribution in [2.45, 2.75) is 65.4 Å². The Balaban J connectivity index is 1.58. The van der Waals surface area contributed by atoms with E-state index in [9.17, 15) is 14.4 Å². The zero-order valence-electron chi connectivity index (χ0n) is 20.4. The molecule has 2 rings (SSSR count). The van der Waals surface area contributed by atoms with E-state index in [-0.39, 0.29) is 31.4 Å². The molecule has 8 heteroatoms. The first kappa shape index (κ1) is 26.5. The van der Waals surface area contributed by atoms with E-state index in [1.54, 1.807) is 20.8 Å². The van der Waals surface area contributed by atoms with Crippen molar-refractivity contribution in [1.29, 1.82) is 0 Å². The first-order valence-corrected chi connectivity index (χ1v) is 11.9. The molecule has 0 bridgehead atoms. The highest BCUT2D eigenvalue weighted by Crippen LogP contribution is 2.17. The zero-order chi connectivity index (χ0) is 24.3. The van der Waals surface area contributed by atoms with Gasteiger partial charge < -0.3 is 25.0 Å². The number of likely N-dealkylation sites (tertiary alicyclic amines) is 1. The topological polar surface area (TPSA) is 97.0 Å². The molecular formula is C25H39N3O5. The van der Waals surface area contributed by atoms with Gasteiger partial charge in [-0.1, -0.05) is 25.5 Å². The van der Waals surface area contributed by atoms with Crippen molar-refractivity contribution in [1.82, 2.24) is 15.5 Å². The van der Waals surface area contributed by atoms with E-state index < -0.39 is 11.7 Å². The van der Waals surface area contributed by atoms with Crippen LogP contribution < -0.4 is 15.4 Å². The van der Waals surface area contributed by atoms with Crippen molar-refractivity contribution in [2.24, 2.45) is 5.92 Å². The second kappa shape index (κ2) is 13.1. The fourth-order valence-electron chi connectivity index (χ4n) is 3.63. The summed E-state index contributed by atoms with van der Waals surface area (Å²) in [7, 11) is 0. The van der Waals surface area contributed by atoms with E-state index >= 15 is 0 Å². The van der Waals surface area contributed by atoms with Crippen molar-refractivity contribution < 1.29 is 23.9 Å². The minimum atomic E-state index is -0.558. The molecule has 3 amide bonds. The highest BCUT2D eigenvalue weighted by molar-refractivity contribution is 5.78. The van der Waals surface area contributed by atoms with Crippen molar-refractivity contribution >= 4 is 17.9 Å². The predicted octanol–water partition coefficient (Wildman–Crippen LogP) is 3.29. The van der Waals surface area contributed by atoms with E-state index in [0.717, 1.165) is 25.7 Å². The minimum absolute atomic E-state index is 0.00486. The number of benzene rings is 1. The van der Waals surface area contributed by atoms with Crippen molar-refractivity contribution in [3.05, 3.63) is 29.8 Å². The number of carbonyl (C=O) groups excluding carboxylic acids is 3. The summed E-state index contributed by atoms with van der Waals surface area (Å²) in [5.41, 5.74) is 0.704. The Labute approximate surface area is 197 Å². The average molecular weight is 462 g/mol. The molecule has 0 aliphatic carbocycles. The lowest BCUT2D eigenvalue weighted by Crippen LogP contribution is -2.43. The van der Waals surface area contributed by atoms with Gasteiger partial charge in [0.05, 0.1) is 0 Å². The molecule has 0 unspecified atom stereocenters. The molecule has 184 valence electrons. The predicted molar refractivity (Wildman–Crippen MR) is 127 cm³/mol. The summed E-state index contributed by atoms with van der Waals surface area (Å²) in [6.45, 7) is 9.68. The summed E-state index contributed by atoms with van der Waals surface area (Å²) in [6.07, 6.45) is 3.55. The van der Waals surface area contributed by atoms with Gasteiger partial charge in [0.15, 0.2) is 6.61 Å². The molecule has 33 heavy (non-hydrogen) atoms. The number of carbonyl (C=O) groups is 3. The van der Waals surface area contributed by atoms with E-state index in [0.29, 0.717) is 31.3 Å². The number of nitrogens with one attached hydrogen (secondary N) is 2. The first-order valence-electron chi connectivity index (χ1n) is 11.9. The maximum absolute atomic E-state index is 12.4. The van der Waals surface area contributed by atoms with Gasteiger partial charge in [0, 0.05) is 32.6 Å². The van der Waals surface area contributed by atoms with E-state index in [2.05, 4.69) is 17.6 Å². The number of nitrogens with zero attached hydrogens (tertiary/aromatic N) is 1. The molecule has 0 spiro atoms. The fraction of sp³-hybridized carbons (Fsp3) is 0.640. The number of hydrogen-bond donors (Lipinski definition) is 2. The molecule has 1 saturated heterocycles. The smallest absolute Gasteiger partial charge is 0.407 e. The molecule has 1 heterocycles. The number of hydrogen-bond acceptors (Lipinski definition) is 5. The summed E-state index contributed by atoms with van der Waals surface area (Å²) >= 11 is 0. The Bertz CT molecular complexity index is 765. The Hall–Kier alpha value is -2.77. The van der Waals surface area contributed by atoms with Crippen LogP contribution >= 0.6 is 0 Å². The first-order chi connectivity index (χ1) is 15.7. The van der Waals surface area contributed by atoms with Crippen LogP contribution in [0, 0.1) is 5.92 Å². The van der Waals surface area contributed by atoms with Gasteiger partial charge in [-0.15, -0.1) is 0 Å². The normalized spacial score (nSPS) is 14.5. The second-order valence-electron chi connectivity index (χ2n) is 9.49. The van der Waals surface area contributed by atoms with Crippen LogP contribution in [0.25, 0.3) is 0 Å². The zero-order valence-corrected chi connectivity index (χ0v) is 20.4. The largest absolute Gasteiger partial charge is 0.484 e. The third-order valence-electron chi connectivity index (χ3n) is 5.39. The number of alkyl carbamates (subject to hydrolysis) is 1. The maximum Gasteiger partial charge on any atom is 0.407 e. The van der Waals surface area contributed by atoms with E-state index in [1.807, 2.05) is 29.2 Å². The van der Waals surface area contributed by atoms with Crippen molar-refractivity contribution in [2.75, 3.05) is 32.8 Å². The fourth-order valence-corrected chi connectivity index (χ4v) is 3.63. The van der Waals surface area contributed by atoms with Gasteiger partial charge in [0.25, 0.3) is 5.91 Å². The van der Waals surface area contributed by atoms with Crippen LogP contribution in [0.4, 0.5) is 4.79 Å². The molecule has 1 fully saturated rings. The summed E-state index contributed by atoms with van der Waals surface area (Å²) in [5.74, 6) is 0.912. The molecule has 8 nitrogen and oxygen atoms in total. The number of ether oxygens (including phenoxy) is 2. The minimum Gasteiger partial charge on any atom is -0.484 e. The van der Waals surface area contributed by atoms with Crippen LogP contribution in [-0.4, -0.2) is 61.2 Å². The molecule has 0 atom stereocenters. The highest BCUT2D eigenvalue weighted by atomic mass is 16.6. The quantitative estimate of drug-likeness (QED) is 0.557. The third kappa shape index (κ3) is 10.6. The van der Waals surface area contributed by atoms with Gasteiger partial charge in [-0.2, -0.15) is 0 Å². The van der Waals surface area contributed by atoms with E-state index in [1.165, 1.54) is 5.56 Å². The summed E-state index contributed by atoms with van der Waals surface area (Å²) < 4.78 is 10.7. The lowest BCUT2D eigenvalue weighted by Gasteiger charge is -2.32. The molecule has 0 aromatic heterocycles. The Morgan fingerprint density at radius 2 is 1.73 bits per heavy atom. The Kier molecular flexibility index (Phi) is 10.5. The number of rotatable bonds is 10. The van der Waals surface area contributed by atoms with Gasteiger partial charge in [-0.3, -0.25) is 9.59 Å². The van der Waals surface area contributed by atoms with Gasteiger partial charge in [-0.05, 0) is 63.6 Å². The van der Waals surface area contributed by atoms with Crippen molar-refractivity contribution in [3.63, 3.8) is 0 Å². The molecule has 1 aromatic carbocycles. The van der Waals surface area contributed by atoms with Crippen LogP contribution in [0.15, 0.2) is 24.3 Å². The van der Waals surface area contributed by atoms with Crippen LogP contribution in [0.2, 0.25) is 0 Å². The molecule has 1 aliphatic heterocycles. The van der Waals surface area contributed by atoms with Gasteiger partial charge in [-0.25, -0.2) is 4.79 Å². The Morgan fingerprint density at radius 3 is 2.33 bits per heavy atom. The van der Waals surface area contributed by atoms with Crippen LogP contribution in [-0.2, 0) is 20.7 Å². The molecule has 0 radical (unpaired) electrons. The number of aryl methyl sites for hydroxylation is 1. The molecular weight excluding hydrogens is 422 g/mol. The average Bonchev–Trinajstić information content (AvgIpc) is 2.76. The van der Waals surface area contributed by atoms with Crippen LogP contribution in [0.1, 0.15) is 58.9 Å². The summed E-state index contributed by atoms with van der Waals surface area (Å²) in [6, 6.07) is 7.85. The Morgan fingerprint density at radius 1 is 1.06 bits per heavy atom. The summed E-state index contributed by atoms with van der Waals surface area (Å²) in [5, 5.41) is 5.55. The summed E-state index contributed by atoms with van der Waals surface area (Å²) in [4.78, 5) is 37.9. The van der Waals surface area contributed by atoms with Gasteiger partial charge in [0.1, 0.15) is 11.4 Å². The number of piperidine rings is 1. The van der Waals surface area contributed by atoms with Crippen LogP contribution in [0.3, 0.4) is 0 Å². The molecule has 1 aliphatic rings. The molecule has 0 saturated carbocycles. The monoisotopic (exact) mass is 461 g/mol. The van der Waals surface area contributed by atoms with Gasteiger partial charge >= 0.3 is 6.09 Å². The maximum atomic E-state index is 12.4. The lowest BCUT2D eigenvalue weighted by molar-refractivity contribution is -0.132. The third-order valence-corrected chi connectivity index (χ3v) is 5.39. The van der Waals surface area contributed by atoms with Crippen molar-refractivity contribution in [3.8, 4) is 5.75 Å². The molecule has 1 aromatic rings. The van der Waals surface area contributed by atoms with Gasteiger partial charge in [0.2, 0.25) is 5.91 Å². The molecule has 2 N–H and O–H groups in total. The lowest BCUT2D eigenvalue weighted by atomic mass is 9.96. The standard InChI is InChI=1S/C25H39N3O5/c1-5-6-19-7-9-21(10-8-19)32-18-22(29)27-17-20-12-15-28(16-13-20)23(30)11-14-26-24(31)33-25(2,3)4/h7-10,20H,5-6,11-18H2,1-4H3,(H,26,31)(H,27,29). The SMILES string of the molecule is CCCc1ccc(OCC(=O)NCC2CCN(C(=O)CCNC(=O)OC(C)(C)C)CC2)cc1. The number of amides is 3. The van der Waals surface area contributed by atoms with Crippen LogP contribution in [0.5, 0.6) is 5.75 Å².